The maximum absolute atomic E-state index is 12.5. The molecule has 0 fully saturated rings. The topological polar surface area (TPSA) is 43.1 Å². The largest absolute Gasteiger partial charge is 0.399 e. The highest BCUT2D eigenvalue weighted by molar-refractivity contribution is 9.10. The summed E-state index contributed by atoms with van der Waals surface area (Å²) in [7, 11) is 0. The molecule has 0 saturated carbocycles. The van der Waals surface area contributed by atoms with E-state index < -0.39 is 0 Å². The van der Waals surface area contributed by atoms with E-state index in [1.165, 1.54) is 0 Å². The van der Waals surface area contributed by atoms with Crippen molar-refractivity contribution in [1.82, 2.24) is 0 Å². The van der Waals surface area contributed by atoms with Crippen molar-refractivity contribution < 1.29 is 4.79 Å². The first kappa shape index (κ1) is 12.4. The van der Waals surface area contributed by atoms with Crippen LogP contribution in [0.3, 0.4) is 0 Å². The molecule has 3 aromatic rings. The predicted molar refractivity (Wildman–Crippen MR) is 83.8 cm³/mol. The van der Waals surface area contributed by atoms with E-state index >= 15 is 0 Å². The first-order chi connectivity index (χ1) is 9.16. The van der Waals surface area contributed by atoms with E-state index in [1.807, 2.05) is 23.6 Å². The van der Waals surface area contributed by atoms with Crippen molar-refractivity contribution in [3.8, 4) is 0 Å². The summed E-state index contributed by atoms with van der Waals surface area (Å²) in [6, 6.07) is 12.9. The van der Waals surface area contributed by atoms with E-state index in [4.69, 9.17) is 5.73 Å². The second-order valence-electron chi connectivity index (χ2n) is 4.22. The Morgan fingerprint density at radius 1 is 1.11 bits per heavy atom. The van der Waals surface area contributed by atoms with Gasteiger partial charge in [-0.3, -0.25) is 4.79 Å². The van der Waals surface area contributed by atoms with E-state index in [9.17, 15) is 4.79 Å². The number of benzene rings is 2. The number of hydrogen-bond donors (Lipinski definition) is 1. The monoisotopic (exact) mass is 331 g/mol. The Balaban J connectivity index is 2.12. The SMILES string of the molecule is Nc1ccc(C(=O)c2csc3c(Br)cccc23)cc1. The number of halogens is 1. The molecular weight excluding hydrogens is 322 g/mol. The molecule has 3 rings (SSSR count). The van der Waals surface area contributed by atoms with Crippen LogP contribution in [-0.2, 0) is 0 Å². The average molecular weight is 332 g/mol. The van der Waals surface area contributed by atoms with Gasteiger partial charge in [0.25, 0.3) is 0 Å². The van der Waals surface area contributed by atoms with Crippen LogP contribution in [0.25, 0.3) is 10.1 Å². The highest BCUT2D eigenvalue weighted by Crippen LogP contribution is 2.33. The highest BCUT2D eigenvalue weighted by Gasteiger charge is 2.15. The number of thiophene rings is 1. The zero-order chi connectivity index (χ0) is 13.4. The van der Waals surface area contributed by atoms with E-state index in [0.29, 0.717) is 11.3 Å². The molecule has 0 saturated heterocycles. The Morgan fingerprint density at radius 2 is 1.84 bits per heavy atom. The summed E-state index contributed by atoms with van der Waals surface area (Å²) in [5, 5.41) is 2.90. The van der Waals surface area contributed by atoms with Crippen molar-refractivity contribution in [2.24, 2.45) is 0 Å². The van der Waals surface area contributed by atoms with Crippen LogP contribution >= 0.6 is 27.3 Å². The second kappa shape index (κ2) is 4.79. The lowest BCUT2D eigenvalue weighted by Gasteiger charge is -2.01. The Kier molecular flexibility index (Phi) is 3.12. The summed E-state index contributed by atoms with van der Waals surface area (Å²) >= 11 is 5.08. The van der Waals surface area contributed by atoms with Crippen molar-refractivity contribution in [2.75, 3.05) is 5.73 Å². The van der Waals surface area contributed by atoms with Crippen LogP contribution in [0.1, 0.15) is 15.9 Å². The number of anilines is 1. The summed E-state index contributed by atoms with van der Waals surface area (Å²) in [6.07, 6.45) is 0. The first-order valence-electron chi connectivity index (χ1n) is 5.73. The number of nitrogen functional groups attached to an aromatic ring is 1. The summed E-state index contributed by atoms with van der Waals surface area (Å²) in [5.41, 5.74) is 7.70. The maximum Gasteiger partial charge on any atom is 0.194 e. The summed E-state index contributed by atoms with van der Waals surface area (Å²) in [4.78, 5) is 12.5. The van der Waals surface area contributed by atoms with Crippen LogP contribution in [-0.4, -0.2) is 5.78 Å². The Hall–Kier alpha value is -1.65. The number of rotatable bonds is 2. The summed E-state index contributed by atoms with van der Waals surface area (Å²) < 4.78 is 2.12. The minimum Gasteiger partial charge on any atom is -0.399 e. The Bertz CT molecular complexity index is 761. The molecule has 0 amide bonds. The molecule has 0 aliphatic carbocycles. The molecule has 19 heavy (non-hydrogen) atoms. The molecule has 2 N–H and O–H groups in total. The van der Waals surface area contributed by atoms with Gasteiger partial charge in [-0.25, -0.2) is 0 Å². The zero-order valence-electron chi connectivity index (χ0n) is 9.89. The Labute approximate surface area is 123 Å². The number of hydrogen-bond acceptors (Lipinski definition) is 3. The third kappa shape index (κ3) is 2.17. The lowest BCUT2D eigenvalue weighted by molar-refractivity contribution is 0.104. The van der Waals surface area contributed by atoms with Crippen molar-refractivity contribution >= 4 is 48.8 Å². The average Bonchev–Trinajstić information content (AvgIpc) is 2.84. The summed E-state index contributed by atoms with van der Waals surface area (Å²) in [5.74, 6) is 0.0318. The van der Waals surface area contributed by atoms with Gasteiger partial charge >= 0.3 is 0 Å². The number of carbonyl (C=O) groups is 1. The van der Waals surface area contributed by atoms with Crippen LogP contribution in [0.5, 0.6) is 0 Å². The lowest BCUT2D eigenvalue weighted by atomic mass is 10.0. The minimum absolute atomic E-state index is 0.0318. The minimum atomic E-state index is 0.0318. The van der Waals surface area contributed by atoms with Crippen LogP contribution in [0, 0.1) is 0 Å². The number of carbonyl (C=O) groups excluding carboxylic acids is 1. The van der Waals surface area contributed by atoms with E-state index in [2.05, 4.69) is 15.9 Å². The number of fused-ring (bicyclic) bond motifs is 1. The van der Waals surface area contributed by atoms with Gasteiger partial charge in [0.05, 0.1) is 0 Å². The van der Waals surface area contributed by atoms with E-state index in [1.54, 1.807) is 35.6 Å². The molecule has 1 heterocycles. The number of nitrogens with two attached hydrogens (primary N) is 1. The fourth-order valence-electron chi connectivity index (χ4n) is 1.99. The van der Waals surface area contributed by atoms with Gasteiger partial charge < -0.3 is 5.73 Å². The standard InChI is InChI=1S/C15H10BrNOS/c16-13-3-1-2-11-12(8-19-15(11)13)14(18)9-4-6-10(17)7-5-9/h1-8H,17H2. The van der Waals surface area contributed by atoms with Gasteiger partial charge in [0.1, 0.15) is 0 Å². The fraction of sp³-hybridized carbons (Fsp3) is 0. The molecule has 2 nitrogen and oxygen atoms in total. The van der Waals surface area contributed by atoms with Crippen LogP contribution < -0.4 is 5.73 Å². The first-order valence-corrected chi connectivity index (χ1v) is 7.40. The molecule has 1 aromatic heterocycles. The van der Waals surface area contributed by atoms with Gasteiger partial charge in [0.2, 0.25) is 0 Å². The second-order valence-corrected chi connectivity index (χ2v) is 5.95. The molecule has 0 atom stereocenters. The van der Waals surface area contributed by atoms with Gasteiger partial charge in [-0.1, -0.05) is 12.1 Å². The summed E-state index contributed by atoms with van der Waals surface area (Å²) in [6.45, 7) is 0. The van der Waals surface area contributed by atoms with E-state index in [0.717, 1.165) is 20.1 Å². The van der Waals surface area contributed by atoms with Gasteiger partial charge in [-0.2, -0.15) is 0 Å². The predicted octanol–water partition coefficient (Wildman–Crippen LogP) is 4.48. The third-order valence-corrected chi connectivity index (χ3v) is 4.92. The molecular formula is C15H10BrNOS. The maximum atomic E-state index is 12.5. The van der Waals surface area contributed by atoms with Crippen molar-refractivity contribution in [1.29, 1.82) is 0 Å². The van der Waals surface area contributed by atoms with Crippen LogP contribution in [0.15, 0.2) is 52.3 Å². The number of ketones is 1. The molecule has 0 aliphatic heterocycles. The molecule has 0 unspecified atom stereocenters. The molecule has 0 bridgehead atoms. The normalized spacial score (nSPS) is 10.8. The molecule has 2 aromatic carbocycles. The van der Waals surface area contributed by atoms with Crippen molar-refractivity contribution in [3.63, 3.8) is 0 Å². The highest BCUT2D eigenvalue weighted by atomic mass is 79.9. The molecule has 0 radical (unpaired) electrons. The third-order valence-electron chi connectivity index (χ3n) is 2.97. The van der Waals surface area contributed by atoms with Gasteiger partial charge in [-0.05, 0) is 46.3 Å². The Morgan fingerprint density at radius 3 is 2.58 bits per heavy atom. The smallest absolute Gasteiger partial charge is 0.194 e. The molecule has 4 heteroatoms. The van der Waals surface area contributed by atoms with Crippen molar-refractivity contribution in [2.45, 2.75) is 0 Å². The zero-order valence-corrected chi connectivity index (χ0v) is 12.3. The molecule has 0 spiro atoms. The molecule has 0 aliphatic rings. The van der Waals surface area contributed by atoms with Crippen LogP contribution in [0.4, 0.5) is 5.69 Å². The van der Waals surface area contributed by atoms with Gasteiger partial charge in [-0.15, -0.1) is 11.3 Å². The van der Waals surface area contributed by atoms with Crippen molar-refractivity contribution in [3.05, 3.63) is 63.4 Å². The molecule has 94 valence electrons. The van der Waals surface area contributed by atoms with E-state index in [-0.39, 0.29) is 5.78 Å². The van der Waals surface area contributed by atoms with Gasteiger partial charge in [0.15, 0.2) is 5.78 Å². The van der Waals surface area contributed by atoms with Crippen LogP contribution in [0.2, 0.25) is 0 Å². The quantitative estimate of drug-likeness (QED) is 0.555. The van der Waals surface area contributed by atoms with Gasteiger partial charge in [0, 0.05) is 36.8 Å². The lowest BCUT2D eigenvalue weighted by Crippen LogP contribution is -2.00. The fourth-order valence-corrected chi connectivity index (χ4v) is 3.59.